The molecule has 3 rings (SSSR count). The third-order valence-corrected chi connectivity index (χ3v) is 4.01. The van der Waals surface area contributed by atoms with E-state index in [0.717, 1.165) is 42.2 Å². The number of nitrogens with zero attached hydrogens (tertiary/aromatic N) is 2. The van der Waals surface area contributed by atoms with E-state index in [0.29, 0.717) is 0 Å². The molecular formula is C21H27N3O2. The minimum Gasteiger partial charge on any atom is -0.457 e. The van der Waals surface area contributed by atoms with Crippen LogP contribution in [-0.2, 0) is 11.3 Å². The summed E-state index contributed by atoms with van der Waals surface area (Å²) >= 11 is 0. The molecule has 0 spiro atoms. The predicted molar refractivity (Wildman–Crippen MR) is 105 cm³/mol. The molecule has 1 N–H and O–H groups in total. The highest BCUT2D eigenvalue weighted by molar-refractivity contribution is 5.76. The highest BCUT2D eigenvalue weighted by Crippen LogP contribution is 2.24. The second kappa shape index (κ2) is 7.89. The van der Waals surface area contributed by atoms with Crippen LogP contribution in [0.4, 0.5) is 0 Å². The summed E-state index contributed by atoms with van der Waals surface area (Å²) in [4.78, 5) is 9.57. The van der Waals surface area contributed by atoms with E-state index in [9.17, 15) is 0 Å². The van der Waals surface area contributed by atoms with Crippen LogP contribution < -0.4 is 4.74 Å². The highest BCUT2D eigenvalue weighted by atomic mass is 16.5. The van der Waals surface area contributed by atoms with Crippen LogP contribution in [0.1, 0.15) is 26.3 Å². The number of hydrogen-bond donors (Lipinski definition) is 1. The van der Waals surface area contributed by atoms with Crippen LogP contribution in [0, 0.1) is 0 Å². The van der Waals surface area contributed by atoms with Gasteiger partial charge in [0.1, 0.15) is 11.5 Å². The summed E-state index contributed by atoms with van der Waals surface area (Å²) in [6, 6.07) is 14.1. The Labute approximate surface area is 155 Å². The maximum absolute atomic E-state index is 5.94. The minimum atomic E-state index is -0.0843. The standard InChI is InChI=1S/C21H27N3O2/c1-21(2,3)25-12-11-24(4)14-16-5-7-17(8-6-16)26-18-9-10-19-20(13-18)23-15-22-19/h5-10,13,15H,11-12,14H2,1-4H3,(H,22,23). The monoisotopic (exact) mass is 353 g/mol. The summed E-state index contributed by atoms with van der Waals surface area (Å²) in [5.41, 5.74) is 3.07. The molecule has 1 heterocycles. The van der Waals surface area contributed by atoms with Crippen LogP contribution in [0.3, 0.4) is 0 Å². The topological polar surface area (TPSA) is 50.4 Å². The van der Waals surface area contributed by atoms with Gasteiger partial charge in [-0.3, -0.25) is 4.90 Å². The first-order valence-corrected chi connectivity index (χ1v) is 8.91. The molecule has 3 aromatic rings. The van der Waals surface area contributed by atoms with Gasteiger partial charge in [0.05, 0.1) is 29.6 Å². The van der Waals surface area contributed by atoms with Gasteiger partial charge in [0.15, 0.2) is 0 Å². The molecule has 26 heavy (non-hydrogen) atoms. The van der Waals surface area contributed by atoms with Crippen LogP contribution in [0.15, 0.2) is 48.8 Å². The Morgan fingerprint density at radius 2 is 1.77 bits per heavy atom. The second-order valence-corrected chi connectivity index (χ2v) is 7.53. The first kappa shape index (κ1) is 18.4. The maximum Gasteiger partial charge on any atom is 0.129 e. The quantitative estimate of drug-likeness (QED) is 0.674. The van der Waals surface area contributed by atoms with E-state index in [4.69, 9.17) is 9.47 Å². The average Bonchev–Trinajstić information content (AvgIpc) is 3.03. The van der Waals surface area contributed by atoms with Crippen molar-refractivity contribution in [2.24, 2.45) is 0 Å². The van der Waals surface area contributed by atoms with Gasteiger partial charge in [0, 0.05) is 19.2 Å². The van der Waals surface area contributed by atoms with E-state index in [-0.39, 0.29) is 5.60 Å². The molecular weight excluding hydrogens is 326 g/mol. The number of fused-ring (bicyclic) bond motifs is 1. The number of ether oxygens (including phenoxy) is 2. The summed E-state index contributed by atoms with van der Waals surface area (Å²) in [6.45, 7) is 8.76. The van der Waals surface area contributed by atoms with Gasteiger partial charge >= 0.3 is 0 Å². The van der Waals surface area contributed by atoms with Crippen molar-refractivity contribution in [1.82, 2.24) is 14.9 Å². The summed E-state index contributed by atoms with van der Waals surface area (Å²) in [5, 5.41) is 0. The largest absolute Gasteiger partial charge is 0.457 e. The Hall–Kier alpha value is -2.37. The zero-order chi connectivity index (χ0) is 18.6. The molecule has 5 nitrogen and oxygen atoms in total. The second-order valence-electron chi connectivity index (χ2n) is 7.53. The Morgan fingerprint density at radius 3 is 2.50 bits per heavy atom. The van der Waals surface area contributed by atoms with Gasteiger partial charge in [-0.15, -0.1) is 0 Å². The van der Waals surface area contributed by atoms with Gasteiger partial charge in [-0.25, -0.2) is 4.98 Å². The first-order chi connectivity index (χ1) is 12.4. The number of aromatic nitrogens is 2. The molecule has 0 atom stereocenters. The summed E-state index contributed by atoms with van der Waals surface area (Å²) < 4.78 is 11.7. The molecule has 0 saturated heterocycles. The fourth-order valence-corrected chi connectivity index (χ4v) is 2.68. The fraction of sp³-hybridized carbons (Fsp3) is 0.381. The smallest absolute Gasteiger partial charge is 0.129 e. The molecule has 0 aliphatic carbocycles. The van der Waals surface area contributed by atoms with E-state index in [1.54, 1.807) is 6.33 Å². The lowest BCUT2D eigenvalue weighted by atomic mass is 10.2. The lowest BCUT2D eigenvalue weighted by molar-refractivity contribution is -0.0113. The Morgan fingerprint density at radius 1 is 1.04 bits per heavy atom. The van der Waals surface area contributed by atoms with Crippen molar-refractivity contribution in [3.63, 3.8) is 0 Å². The number of rotatable bonds is 7. The van der Waals surface area contributed by atoms with Crippen molar-refractivity contribution in [1.29, 1.82) is 0 Å². The summed E-state index contributed by atoms with van der Waals surface area (Å²) in [5.74, 6) is 1.62. The van der Waals surface area contributed by atoms with Crippen molar-refractivity contribution in [2.45, 2.75) is 32.9 Å². The van der Waals surface area contributed by atoms with Crippen molar-refractivity contribution >= 4 is 11.0 Å². The van der Waals surface area contributed by atoms with E-state index in [2.05, 4.69) is 54.8 Å². The van der Waals surface area contributed by atoms with Gasteiger partial charge in [-0.2, -0.15) is 0 Å². The molecule has 2 aromatic carbocycles. The van der Waals surface area contributed by atoms with Crippen LogP contribution in [0.5, 0.6) is 11.5 Å². The van der Waals surface area contributed by atoms with Gasteiger partial charge < -0.3 is 14.5 Å². The molecule has 0 fully saturated rings. The van der Waals surface area contributed by atoms with Crippen molar-refractivity contribution in [2.75, 3.05) is 20.2 Å². The van der Waals surface area contributed by atoms with Crippen LogP contribution in [0.25, 0.3) is 11.0 Å². The SMILES string of the molecule is CN(CCOC(C)(C)C)Cc1ccc(Oc2ccc3nc[nH]c3c2)cc1. The lowest BCUT2D eigenvalue weighted by Crippen LogP contribution is -2.28. The zero-order valence-electron chi connectivity index (χ0n) is 16.0. The molecule has 0 unspecified atom stereocenters. The summed E-state index contributed by atoms with van der Waals surface area (Å²) in [6.07, 6.45) is 1.69. The Kier molecular flexibility index (Phi) is 5.59. The first-order valence-electron chi connectivity index (χ1n) is 8.91. The van der Waals surface area contributed by atoms with E-state index in [1.807, 2.05) is 30.3 Å². The number of benzene rings is 2. The number of nitrogens with one attached hydrogen (secondary N) is 1. The Balaban J connectivity index is 1.52. The van der Waals surface area contributed by atoms with Crippen LogP contribution in [0.2, 0.25) is 0 Å². The normalized spacial score (nSPS) is 12.0. The molecule has 138 valence electrons. The molecule has 0 amide bonds. The third kappa shape index (κ3) is 5.31. The van der Waals surface area contributed by atoms with Gasteiger partial charge in [-0.05, 0) is 57.6 Å². The van der Waals surface area contributed by atoms with Gasteiger partial charge in [0.25, 0.3) is 0 Å². The molecule has 0 bridgehead atoms. The van der Waals surface area contributed by atoms with Gasteiger partial charge in [-0.1, -0.05) is 12.1 Å². The van der Waals surface area contributed by atoms with E-state index in [1.165, 1.54) is 5.56 Å². The van der Waals surface area contributed by atoms with Crippen LogP contribution >= 0.6 is 0 Å². The predicted octanol–water partition coefficient (Wildman–Crippen LogP) is 4.60. The molecule has 5 heteroatoms. The molecule has 0 aliphatic rings. The number of aromatic amines is 1. The fourth-order valence-electron chi connectivity index (χ4n) is 2.68. The minimum absolute atomic E-state index is 0.0843. The maximum atomic E-state index is 5.94. The highest BCUT2D eigenvalue weighted by Gasteiger charge is 2.10. The number of likely N-dealkylation sites (N-methyl/N-ethyl adjacent to an activating group) is 1. The Bertz CT molecular complexity index is 834. The molecule has 0 radical (unpaired) electrons. The molecule has 1 aromatic heterocycles. The van der Waals surface area contributed by atoms with E-state index >= 15 is 0 Å². The summed E-state index contributed by atoms with van der Waals surface area (Å²) in [7, 11) is 2.11. The van der Waals surface area contributed by atoms with Crippen molar-refractivity contribution < 1.29 is 9.47 Å². The number of imidazole rings is 1. The third-order valence-electron chi connectivity index (χ3n) is 4.01. The number of hydrogen-bond acceptors (Lipinski definition) is 4. The molecule has 0 aliphatic heterocycles. The van der Waals surface area contributed by atoms with Crippen molar-refractivity contribution in [3.05, 3.63) is 54.4 Å². The molecule has 0 saturated carbocycles. The average molecular weight is 353 g/mol. The van der Waals surface area contributed by atoms with Crippen LogP contribution in [-0.4, -0.2) is 40.7 Å². The van der Waals surface area contributed by atoms with Gasteiger partial charge in [0.2, 0.25) is 0 Å². The van der Waals surface area contributed by atoms with Crippen molar-refractivity contribution in [3.8, 4) is 11.5 Å². The van der Waals surface area contributed by atoms with E-state index < -0.39 is 0 Å². The lowest BCUT2D eigenvalue weighted by Gasteiger charge is -2.22. The zero-order valence-corrected chi connectivity index (χ0v) is 16.0. The number of H-pyrrole nitrogens is 1.